The van der Waals surface area contributed by atoms with Gasteiger partial charge in [-0.1, -0.05) is 30.3 Å². The van der Waals surface area contributed by atoms with E-state index < -0.39 is 0 Å². The van der Waals surface area contributed by atoms with E-state index in [2.05, 4.69) is 31.5 Å². The first kappa shape index (κ1) is 27.8. The molecule has 1 saturated heterocycles. The van der Waals surface area contributed by atoms with E-state index in [0.29, 0.717) is 46.8 Å². The maximum Gasteiger partial charge on any atom is 0.256 e. The molecule has 2 bridgehead atoms. The number of carbonyl (C=O) groups excluding carboxylic acids is 2. The van der Waals surface area contributed by atoms with E-state index in [1.807, 2.05) is 65.2 Å². The third-order valence-electron chi connectivity index (χ3n) is 8.06. The molecule has 1 aromatic heterocycles. The highest BCUT2D eigenvalue weighted by molar-refractivity contribution is 9.10. The average molecular weight is 628 g/mol. The molecule has 3 heterocycles. The largest absolute Gasteiger partial charge is 0.497 e. The summed E-state index contributed by atoms with van der Waals surface area (Å²) in [5.74, 6) is 0.746. The number of rotatable bonds is 7. The number of ether oxygens (including phenoxy) is 1. The Labute approximate surface area is 252 Å². The highest BCUT2D eigenvalue weighted by Crippen LogP contribution is 2.39. The molecule has 9 heteroatoms. The summed E-state index contributed by atoms with van der Waals surface area (Å²) in [6.07, 6.45) is 1.02. The van der Waals surface area contributed by atoms with Crippen LogP contribution in [-0.4, -0.2) is 36.6 Å². The van der Waals surface area contributed by atoms with E-state index in [1.54, 1.807) is 31.4 Å². The van der Waals surface area contributed by atoms with Gasteiger partial charge in [0.15, 0.2) is 0 Å². The third kappa shape index (κ3) is 5.69. The first-order valence-electron chi connectivity index (χ1n) is 14.0. The zero-order valence-corrected chi connectivity index (χ0v) is 24.8. The van der Waals surface area contributed by atoms with Gasteiger partial charge in [-0.05, 0) is 82.4 Å². The van der Waals surface area contributed by atoms with Crippen LogP contribution in [0.3, 0.4) is 0 Å². The Morgan fingerprint density at radius 2 is 1.74 bits per heavy atom. The molecule has 0 spiro atoms. The monoisotopic (exact) mass is 626 g/mol. The standard InChI is InChI=1S/C33H31BrN4O4/c1-42-25-12-9-21(10-13-25)17-35-32(40)23-11-14-30(28(16-23)36-33(41)26-5-2-3-6-27(26)34)37-18-22-15-24(20-37)29-7-4-8-31(39)38(29)19-22/h2-14,16,22,24H,15,17-20H2,1H3,(H,35,40)(H,36,41). The van der Waals surface area contributed by atoms with E-state index in [1.165, 1.54) is 0 Å². The van der Waals surface area contributed by atoms with Crippen LogP contribution in [0.2, 0.25) is 0 Å². The number of amides is 2. The summed E-state index contributed by atoms with van der Waals surface area (Å²) >= 11 is 3.48. The summed E-state index contributed by atoms with van der Waals surface area (Å²) < 4.78 is 7.80. The number of halogens is 1. The van der Waals surface area contributed by atoms with Crippen molar-refractivity contribution >= 4 is 39.1 Å². The van der Waals surface area contributed by atoms with Gasteiger partial charge in [0.05, 0.1) is 24.0 Å². The van der Waals surface area contributed by atoms with Crippen LogP contribution in [0, 0.1) is 5.92 Å². The second-order valence-electron chi connectivity index (χ2n) is 10.8. The first-order valence-corrected chi connectivity index (χ1v) is 14.7. The molecule has 0 radical (unpaired) electrons. The van der Waals surface area contributed by atoms with Gasteiger partial charge in [0.25, 0.3) is 17.4 Å². The summed E-state index contributed by atoms with van der Waals surface area (Å²) in [6.45, 7) is 2.49. The van der Waals surface area contributed by atoms with Crippen molar-refractivity contribution in [1.29, 1.82) is 0 Å². The summed E-state index contributed by atoms with van der Waals surface area (Å²) in [7, 11) is 1.61. The second kappa shape index (κ2) is 11.9. The number of anilines is 2. The van der Waals surface area contributed by atoms with E-state index in [0.717, 1.165) is 35.7 Å². The van der Waals surface area contributed by atoms with Crippen LogP contribution >= 0.6 is 15.9 Å². The van der Waals surface area contributed by atoms with Gasteiger partial charge in [0.2, 0.25) is 0 Å². The molecule has 2 unspecified atom stereocenters. The summed E-state index contributed by atoms with van der Waals surface area (Å²) in [4.78, 5) is 41.4. The van der Waals surface area contributed by atoms with Gasteiger partial charge in [-0.3, -0.25) is 14.4 Å². The lowest BCUT2D eigenvalue weighted by Crippen LogP contribution is -2.47. The van der Waals surface area contributed by atoms with Crippen LogP contribution in [0.5, 0.6) is 5.75 Å². The minimum absolute atomic E-state index is 0.0436. The van der Waals surface area contributed by atoms with Crippen molar-refractivity contribution in [2.24, 2.45) is 5.92 Å². The van der Waals surface area contributed by atoms with Crippen molar-refractivity contribution in [3.05, 3.63) is 122 Å². The maximum absolute atomic E-state index is 13.4. The van der Waals surface area contributed by atoms with Crippen LogP contribution in [0.25, 0.3) is 0 Å². The molecule has 3 aromatic carbocycles. The highest BCUT2D eigenvalue weighted by atomic mass is 79.9. The molecule has 0 saturated carbocycles. The minimum Gasteiger partial charge on any atom is -0.497 e. The zero-order chi connectivity index (χ0) is 29.2. The zero-order valence-electron chi connectivity index (χ0n) is 23.2. The van der Waals surface area contributed by atoms with Crippen LogP contribution in [0.4, 0.5) is 11.4 Å². The van der Waals surface area contributed by atoms with E-state index in [-0.39, 0.29) is 23.3 Å². The average Bonchev–Trinajstić information content (AvgIpc) is 3.00. The molecule has 2 aliphatic heterocycles. The molecule has 2 atom stereocenters. The number of hydrogen-bond acceptors (Lipinski definition) is 5. The normalized spacial score (nSPS) is 17.2. The van der Waals surface area contributed by atoms with Crippen molar-refractivity contribution in [3.8, 4) is 5.75 Å². The fourth-order valence-electron chi connectivity index (χ4n) is 6.01. The van der Waals surface area contributed by atoms with Crippen molar-refractivity contribution < 1.29 is 14.3 Å². The van der Waals surface area contributed by atoms with E-state index in [4.69, 9.17) is 4.74 Å². The fraction of sp³-hybridized carbons (Fsp3) is 0.242. The van der Waals surface area contributed by atoms with Crippen LogP contribution in [0.15, 0.2) is 94.2 Å². The van der Waals surface area contributed by atoms with E-state index >= 15 is 0 Å². The highest BCUT2D eigenvalue weighted by Gasteiger charge is 2.35. The fourth-order valence-corrected chi connectivity index (χ4v) is 6.47. The smallest absolute Gasteiger partial charge is 0.256 e. The number of carbonyl (C=O) groups is 2. The molecule has 4 aromatic rings. The Morgan fingerprint density at radius 3 is 2.52 bits per heavy atom. The quantitative estimate of drug-likeness (QED) is 0.286. The lowest BCUT2D eigenvalue weighted by molar-refractivity contribution is 0.0949. The Morgan fingerprint density at radius 1 is 0.929 bits per heavy atom. The lowest BCUT2D eigenvalue weighted by atomic mass is 9.83. The SMILES string of the molecule is COc1ccc(CNC(=O)c2ccc(N3CC4CC(C3)c3cccc(=O)n3C4)c(NC(=O)c3ccccc3Br)c2)cc1. The van der Waals surface area contributed by atoms with Crippen LogP contribution in [0.1, 0.15) is 44.3 Å². The Hall–Kier alpha value is -4.37. The molecule has 214 valence electrons. The molecule has 1 fully saturated rings. The Bertz CT molecular complexity index is 1700. The number of methoxy groups -OCH3 is 1. The number of pyridine rings is 1. The molecule has 0 aliphatic carbocycles. The molecule has 6 rings (SSSR count). The van der Waals surface area contributed by atoms with Gasteiger partial charge in [0.1, 0.15) is 5.75 Å². The maximum atomic E-state index is 13.4. The van der Waals surface area contributed by atoms with Gasteiger partial charge in [0, 0.05) is 53.9 Å². The van der Waals surface area contributed by atoms with Crippen molar-refractivity contribution in [2.45, 2.75) is 25.4 Å². The van der Waals surface area contributed by atoms with Gasteiger partial charge in [-0.25, -0.2) is 0 Å². The van der Waals surface area contributed by atoms with Gasteiger partial charge >= 0.3 is 0 Å². The van der Waals surface area contributed by atoms with Crippen LogP contribution in [-0.2, 0) is 13.1 Å². The predicted octanol–water partition coefficient (Wildman–Crippen LogP) is 5.43. The van der Waals surface area contributed by atoms with E-state index in [9.17, 15) is 14.4 Å². The lowest BCUT2D eigenvalue weighted by Gasteiger charge is -2.44. The molecule has 2 aliphatic rings. The van der Waals surface area contributed by atoms with Crippen LogP contribution < -0.4 is 25.8 Å². The topological polar surface area (TPSA) is 92.7 Å². The minimum atomic E-state index is -0.270. The predicted molar refractivity (Wildman–Crippen MR) is 166 cm³/mol. The van der Waals surface area contributed by atoms with Crippen molar-refractivity contribution in [2.75, 3.05) is 30.4 Å². The number of aromatic nitrogens is 1. The third-order valence-corrected chi connectivity index (χ3v) is 8.75. The second-order valence-corrected chi connectivity index (χ2v) is 11.7. The number of hydrogen-bond donors (Lipinski definition) is 2. The summed E-state index contributed by atoms with van der Waals surface area (Å²) in [6, 6.07) is 25.7. The number of fused-ring (bicyclic) bond motifs is 4. The van der Waals surface area contributed by atoms with Gasteiger partial charge in [-0.15, -0.1) is 0 Å². The summed E-state index contributed by atoms with van der Waals surface area (Å²) in [5, 5.41) is 6.06. The Balaban J connectivity index is 1.28. The molecule has 42 heavy (non-hydrogen) atoms. The molecular formula is C33H31BrN4O4. The number of piperidine rings is 1. The summed E-state index contributed by atoms with van der Waals surface area (Å²) in [5.41, 5.74) is 4.41. The molecule has 8 nitrogen and oxygen atoms in total. The first-order chi connectivity index (χ1) is 20.4. The Kier molecular flexibility index (Phi) is 7.84. The molecule has 2 amide bonds. The number of nitrogens with one attached hydrogen (secondary N) is 2. The number of benzene rings is 3. The van der Waals surface area contributed by atoms with Crippen molar-refractivity contribution in [1.82, 2.24) is 9.88 Å². The van der Waals surface area contributed by atoms with Gasteiger partial charge < -0.3 is 24.8 Å². The van der Waals surface area contributed by atoms with Crippen molar-refractivity contribution in [3.63, 3.8) is 0 Å². The molecule has 2 N–H and O–H groups in total. The van der Waals surface area contributed by atoms with Gasteiger partial charge in [-0.2, -0.15) is 0 Å². The number of nitrogens with zero attached hydrogens (tertiary/aromatic N) is 2. The molecular weight excluding hydrogens is 596 g/mol.